The first kappa shape index (κ1) is 18.7. The first-order chi connectivity index (χ1) is 11.8. The van der Waals surface area contributed by atoms with E-state index in [1.807, 2.05) is 6.92 Å². The quantitative estimate of drug-likeness (QED) is 0.743. The highest BCUT2D eigenvalue weighted by Gasteiger charge is 2.19. The SMILES string of the molecule is CCCNC(=O)c1ccccc1NS(=O)(=O)c1cccc(C(C)=O)c1. The molecular formula is C18H20N2O4S. The highest BCUT2D eigenvalue weighted by molar-refractivity contribution is 7.92. The number of rotatable bonds is 7. The first-order valence-electron chi connectivity index (χ1n) is 7.86. The van der Waals surface area contributed by atoms with E-state index >= 15 is 0 Å². The maximum Gasteiger partial charge on any atom is 0.261 e. The van der Waals surface area contributed by atoms with E-state index in [0.29, 0.717) is 12.1 Å². The predicted octanol–water partition coefficient (Wildman–Crippen LogP) is 2.83. The molecule has 2 N–H and O–H groups in total. The van der Waals surface area contributed by atoms with Crippen LogP contribution >= 0.6 is 0 Å². The van der Waals surface area contributed by atoms with Crippen LogP contribution in [-0.2, 0) is 10.0 Å². The number of Topliss-reactive ketones (excluding diaryl/α,β-unsaturated/α-hetero) is 1. The smallest absolute Gasteiger partial charge is 0.261 e. The Morgan fingerprint density at radius 3 is 2.44 bits per heavy atom. The summed E-state index contributed by atoms with van der Waals surface area (Å²) in [7, 11) is -3.93. The Kier molecular flexibility index (Phi) is 5.93. The van der Waals surface area contributed by atoms with Gasteiger partial charge in [0.25, 0.3) is 15.9 Å². The van der Waals surface area contributed by atoms with E-state index < -0.39 is 10.0 Å². The van der Waals surface area contributed by atoms with Crippen molar-refractivity contribution in [1.29, 1.82) is 0 Å². The molecule has 0 aromatic heterocycles. The molecule has 0 spiro atoms. The maximum absolute atomic E-state index is 12.6. The number of para-hydroxylation sites is 1. The molecule has 0 heterocycles. The van der Waals surface area contributed by atoms with Crippen molar-refractivity contribution in [1.82, 2.24) is 5.32 Å². The number of carbonyl (C=O) groups is 2. The van der Waals surface area contributed by atoms with Gasteiger partial charge >= 0.3 is 0 Å². The van der Waals surface area contributed by atoms with E-state index in [9.17, 15) is 18.0 Å². The van der Waals surface area contributed by atoms with Crippen molar-refractivity contribution < 1.29 is 18.0 Å². The Hall–Kier alpha value is -2.67. The number of ketones is 1. The number of carbonyl (C=O) groups excluding carboxylic acids is 2. The van der Waals surface area contributed by atoms with Crippen LogP contribution in [0.1, 0.15) is 41.0 Å². The van der Waals surface area contributed by atoms with Gasteiger partial charge in [0.05, 0.1) is 16.1 Å². The molecule has 25 heavy (non-hydrogen) atoms. The zero-order valence-electron chi connectivity index (χ0n) is 14.1. The van der Waals surface area contributed by atoms with Crippen molar-refractivity contribution >= 4 is 27.4 Å². The monoisotopic (exact) mass is 360 g/mol. The fourth-order valence-electron chi connectivity index (χ4n) is 2.19. The minimum absolute atomic E-state index is 0.0380. The number of nitrogens with one attached hydrogen (secondary N) is 2. The van der Waals surface area contributed by atoms with Crippen molar-refractivity contribution in [2.24, 2.45) is 0 Å². The van der Waals surface area contributed by atoms with Gasteiger partial charge in [-0.25, -0.2) is 8.42 Å². The van der Waals surface area contributed by atoms with Crippen LogP contribution in [-0.4, -0.2) is 26.7 Å². The van der Waals surface area contributed by atoms with Gasteiger partial charge in [0.1, 0.15) is 0 Å². The van der Waals surface area contributed by atoms with E-state index in [-0.39, 0.29) is 27.8 Å². The van der Waals surface area contributed by atoms with Crippen LogP contribution in [0.2, 0.25) is 0 Å². The Morgan fingerprint density at radius 1 is 1.04 bits per heavy atom. The summed E-state index contributed by atoms with van der Waals surface area (Å²) in [4.78, 5) is 23.6. The van der Waals surface area contributed by atoms with Crippen LogP contribution in [0, 0.1) is 0 Å². The van der Waals surface area contributed by atoms with E-state index in [0.717, 1.165) is 6.42 Å². The van der Waals surface area contributed by atoms with Crippen molar-refractivity contribution in [2.75, 3.05) is 11.3 Å². The minimum Gasteiger partial charge on any atom is -0.352 e. The van der Waals surface area contributed by atoms with Crippen LogP contribution in [0.15, 0.2) is 53.4 Å². The molecule has 0 aliphatic rings. The van der Waals surface area contributed by atoms with Crippen LogP contribution in [0.5, 0.6) is 0 Å². The molecule has 0 fully saturated rings. The molecule has 2 aromatic carbocycles. The number of hydrogen-bond acceptors (Lipinski definition) is 4. The van der Waals surface area contributed by atoms with Gasteiger partial charge in [-0.05, 0) is 37.6 Å². The summed E-state index contributed by atoms with van der Waals surface area (Å²) in [6.07, 6.45) is 0.775. The van der Waals surface area contributed by atoms with Gasteiger partial charge in [0.15, 0.2) is 5.78 Å². The normalized spacial score (nSPS) is 11.0. The Bertz CT molecular complexity index is 891. The molecule has 0 saturated carbocycles. The van der Waals surface area contributed by atoms with Gasteiger partial charge in [0.2, 0.25) is 0 Å². The molecule has 0 radical (unpaired) electrons. The molecule has 7 heteroatoms. The average molecular weight is 360 g/mol. The lowest BCUT2D eigenvalue weighted by Crippen LogP contribution is -2.25. The third-order valence-corrected chi connectivity index (χ3v) is 4.87. The summed E-state index contributed by atoms with van der Waals surface area (Å²) in [5.74, 6) is -0.575. The summed E-state index contributed by atoms with van der Waals surface area (Å²) in [6, 6.07) is 12.1. The minimum atomic E-state index is -3.93. The van der Waals surface area contributed by atoms with Crippen LogP contribution in [0.3, 0.4) is 0 Å². The molecule has 6 nitrogen and oxygen atoms in total. The van der Waals surface area contributed by atoms with Crippen LogP contribution in [0.4, 0.5) is 5.69 Å². The predicted molar refractivity (Wildman–Crippen MR) is 96.3 cm³/mol. The first-order valence-corrected chi connectivity index (χ1v) is 9.34. The summed E-state index contributed by atoms with van der Waals surface area (Å²) in [6.45, 7) is 3.80. The zero-order chi connectivity index (χ0) is 18.4. The van der Waals surface area contributed by atoms with Gasteiger partial charge in [-0.15, -0.1) is 0 Å². The maximum atomic E-state index is 12.6. The lowest BCUT2D eigenvalue weighted by Gasteiger charge is -2.13. The molecule has 0 saturated heterocycles. The molecular weight excluding hydrogens is 340 g/mol. The Morgan fingerprint density at radius 2 is 1.76 bits per heavy atom. The van der Waals surface area contributed by atoms with E-state index in [1.165, 1.54) is 31.2 Å². The van der Waals surface area contributed by atoms with Crippen LogP contribution in [0.25, 0.3) is 0 Å². The van der Waals surface area contributed by atoms with Crippen molar-refractivity contribution in [3.63, 3.8) is 0 Å². The van der Waals surface area contributed by atoms with Crippen LogP contribution < -0.4 is 10.0 Å². The third kappa shape index (κ3) is 4.67. The molecule has 0 unspecified atom stereocenters. The largest absolute Gasteiger partial charge is 0.352 e. The second-order valence-electron chi connectivity index (χ2n) is 5.49. The number of anilines is 1. The van der Waals surface area contributed by atoms with Crippen molar-refractivity contribution in [3.8, 4) is 0 Å². The zero-order valence-corrected chi connectivity index (χ0v) is 14.9. The number of sulfonamides is 1. The molecule has 0 aliphatic heterocycles. The highest BCUT2D eigenvalue weighted by Crippen LogP contribution is 2.21. The lowest BCUT2D eigenvalue weighted by atomic mass is 10.1. The van der Waals surface area contributed by atoms with Gasteiger partial charge in [-0.3, -0.25) is 14.3 Å². The summed E-state index contributed by atoms with van der Waals surface area (Å²) in [5, 5.41) is 2.72. The molecule has 0 aliphatic carbocycles. The highest BCUT2D eigenvalue weighted by atomic mass is 32.2. The second-order valence-corrected chi connectivity index (χ2v) is 7.17. The van der Waals surface area contributed by atoms with E-state index in [1.54, 1.807) is 24.3 Å². The van der Waals surface area contributed by atoms with Gasteiger partial charge < -0.3 is 5.32 Å². The summed E-state index contributed by atoms with van der Waals surface area (Å²) < 4.78 is 27.6. The van der Waals surface area contributed by atoms with Gasteiger partial charge in [-0.2, -0.15) is 0 Å². The molecule has 2 aromatic rings. The summed E-state index contributed by atoms with van der Waals surface area (Å²) in [5.41, 5.74) is 0.725. The number of hydrogen-bond donors (Lipinski definition) is 2. The third-order valence-electron chi connectivity index (χ3n) is 3.50. The summed E-state index contributed by atoms with van der Waals surface area (Å²) >= 11 is 0. The molecule has 0 bridgehead atoms. The molecule has 1 amide bonds. The lowest BCUT2D eigenvalue weighted by molar-refractivity contribution is 0.0953. The van der Waals surface area contributed by atoms with Gasteiger partial charge in [-0.1, -0.05) is 31.2 Å². The standard InChI is InChI=1S/C18H20N2O4S/c1-3-11-19-18(22)16-9-4-5-10-17(16)20-25(23,24)15-8-6-7-14(12-15)13(2)21/h4-10,12,20H,3,11H2,1-2H3,(H,19,22). The molecule has 0 atom stereocenters. The fourth-order valence-corrected chi connectivity index (χ4v) is 3.32. The molecule has 132 valence electrons. The molecule has 2 rings (SSSR count). The Balaban J connectivity index is 2.34. The number of benzene rings is 2. The van der Waals surface area contributed by atoms with Crippen molar-refractivity contribution in [3.05, 3.63) is 59.7 Å². The average Bonchev–Trinajstić information content (AvgIpc) is 2.60. The number of amides is 1. The van der Waals surface area contributed by atoms with E-state index in [4.69, 9.17) is 0 Å². The van der Waals surface area contributed by atoms with E-state index in [2.05, 4.69) is 10.0 Å². The Labute approximate surface area is 147 Å². The van der Waals surface area contributed by atoms with Gasteiger partial charge in [0, 0.05) is 12.1 Å². The fraction of sp³-hybridized carbons (Fsp3) is 0.222. The van der Waals surface area contributed by atoms with Crippen molar-refractivity contribution in [2.45, 2.75) is 25.2 Å². The second kappa shape index (κ2) is 7.94. The topological polar surface area (TPSA) is 92.3 Å².